The van der Waals surface area contributed by atoms with Crippen LogP contribution in [0.4, 0.5) is 0 Å². The summed E-state index contributed by atoms with van der Waals surface area (Å²) in [5.41, 5.74) is 3.52. The van der Waals surface area contributed by atoms with Crippen LogP contribution >= 0.6 is 0 Å². The highest BCUT2D eigenvalue weighted by Crippen LogP contribution is 2.29. The smallest absolute Gasteiger partial charge is 0.333 e. The number of para-hydroxylation sites is 1. The third kappa shape index (κ3) is 5.90. The average Bonchev–Trinajstić information content (AvgIpc) is 3.27. The van der Waals surface area contributed by atoms with Crippen molar-refractivity contribution >= 4 is 15.9 Å². The Morgan fingerprint density at radius 3 is 2.20 bits per heavy atom. The average molecular weight is 574 g/mol. The Hall–Kier alpha value is -3.99. The molecule has 0 bridgehead atoms. The van der Waals surface area contributed by atoms with Gasteiger partial charge in [0.1, 0.15) is 5.69 Å². The van der Waals surface area contributed by atoms with Crippen molar-refractivity contribution in [1.29, 1.82) is 0 Å². The van der Waals surface area contributed by atoms with E-state index in [1.54, 1.807) is 40.7 Å². The van der Waals surface area contributed by atoms with Gasteiger partial charge in [0, 0.05) is 44.8 Å². The van der Waals surface area contributed by atoms with Gasteiger partial charge in [-0.3, -0.25) is 13.9 Å². The van der Waals surface area contributed by atoms with Crippen molar-refractivity contribution in [3.05, 3.63) is 106 Å². The molecule has 0 unspecified atom stereocenters. The first kappa shape index (κ1) is 28.5. The van der Waals surface area contributed by atoms with Gasteiger partial charge >= 0.3 is 5.69 Å². The first-order valence-corrected chi connectivity index (χ1v) is 15.3. The minimum atomic E-state index is -3.72. The summed E-state index contributed by atoms with van der Waals surface area (Å²) in [6.07, 6.45) is 0.318. The van der Waals surface area contributed by atoms with Crippen LogP contribution in [-0.2, 0) is 16.6 Å². The molecule has 214 valence electrons. The van der Waals surface area contributed by atoms with Crippen molar-refractivity contribution in [2.45, 2.75) is 31.7 Å². The minimum absolute atomic E-state index is 0.112. The summed E-state index contributed by atoms with van der Waals surface area (Å²) < 4.78 is 31.7. The van der Waals surface area contributed by atoms with E-state index in [-0.39, 0.29) is 29.6 Å². The number of piperazine rings is 1. The molecule has 0 spiro atoms. The van der Waals surface area contributed by atoms with Crippen LogP contribution in [0.25, 0.3) is 16.9 Å². The van der Waals surface area contributed by atoms with Crippen molar-refractivity contribution in [2.24, 2.45) is 0 Å². The van der Waals surface area contributed by atoms with E-state index in [1.165, 1.54) is 4.57 Å². The lowest BCUT2D eigenvalue weighted by Crippen LogP contribution is -2.47. The summed E-state index contributed by atoms with van der Waals surface area (Å²) >= 11 is 0. The maximum absolute atomic E-state index is 14.2. The second-order valence-electron chi connectivity index (χ2n) is 10.2. The Morgan fingerprint density at radius 2 is 1.51 bits per heavy atom. The van der Waals surface area contributed by atoms with Crippen LogP contribution in [0.15, 0.2) is 88.6 Å². The third-order valence-corrected chi connectivity index (χ3v) is 9.01. The normalized spacial score (nSPS) is 13.9. The number of hydrogen-bond donors (Lipinski definition) is 2. The lowest BCUT2D eigenvalue weighted by Gasteiger charge is -2.28. The number of aromatic nitrogens is 2. The van der Waals surface area contributed by atoms with Gasteiger partial charge in [-0.05, 0) is 43.5 Å². The Kier molecular flexibility index (Phi) is 8.53. The molecule has 0 aliphatic carbocycles. The lowest BCUT2D eigenvalue weighted by atomic mass is 10.1. The summed E-state index contributed by atoms with van der Waals surface area (Å²) in [6, 6.07) is 23.9. The number of nitrogens with one attached hydrogen (secondary N) is 2. The number of aryl methyl sites for hydroxylation is 2. The topological polar surface area (TPSA) is 105 Å². The van der Waals surface area contributed by atoms with Crippen molar-refractivity contribution in [1.82, 2.24) is 24.1 Å². The number of carbonyl (C=O) groups is 1. The van der Waals surface area contributed by atoms with Gasteiger partial charge in [-0.2, -0.15) is 0 Å². The number of benzene rings is 3. The molecule has 0 saturated carbocycles. The molecule has 1 aromatic heterocycles. The van der Waals surface area contributed by atoms with Crippen molar-refractivity contribution < 1.29 is 13.2 Å². The zero-order valence-electron chi connectivity index (χ0n) is 23.3. The second kappa shape index (κ2) is 12.3. The maximum atomic E-state index is 14.2. The molecule has 5 rings (SSSR count). The molecular weight excluding hydrogens is 538 g/mol. The van der Waals surface area contributed by atoms with Crippen LogP contribution in [0.3, 0.4) is 0 Å². The molecule has 0 radical (unpaired) electrons. The van der Waals surface area contributed by atoms with E-state index >= 15 is 0 Å². The molecule has 1 aliphatic rings. The fourth-order valence-electron chi connectivity index (χ4n) is 5.27. The standard InChI is InChI=1S/C31H35N5O4S/c1-23-11-6-8-15-26(23)36-28(25-13-4-3-5-14-25)29(30(37)34-21-18-32-19-22-34)35(31(36)38)20-10-17-33-41(39,40)27-16-9-7-12-24(27)2/h3-9,11-16,32-33H,10,17-22H2,1-2H3. The van der Waals surface area contributed by atoms with Crippen LogP contribution in [0.1, 0.15) is 28.0 Å². The predicted octanol–water partition coefficient (Wildman–Crippen LogP) is 3.34. The molecule has 1 amide bonds. The SMILES string of the molecule is Cc1ccccc1-n1c(-c2ccccc2)c(C(=O)N2CCNCC2)n(CCCNS(=O)(=O)c2ccccc2C)c1=O. The summed E-state index contributed by atoms with van der Waals surface area (Å²) in [5.74, 6) is -0.213. The molecule has 1 saturated heterocycles. The number of hydrogen-bond acceptors (Lipinski definition) is 5. The molecule has 0 atom stereocenters. The largest absolute Gasteiger partial charge is 0.335 e. The van der Waals surface area contributed by atoms with Crippen LogP contribution < -0.4 is 15.7 Å². The van der Waals surface area contributed by atoms with Crippen molar-refractivity contribution in [3.63, 3.8) is 0 Å². The molecular formula is C31H35N5O4S. The number of sulfonamides is 1. The van der Waals surface area contributed by atoms with E-state index in [9.17, 15) is 18.0 Å². The molecule has 1 fully saturated rings. The van der Waals surface area contributed by atoms with Crippen molar-refractivity contribution in [2.75, 3.05) is 32.7 Å². The summed E-state index contributed by atoms with van der Waals surface area (Å²) in [7, 11) is -3.72. The van der Waals surface area contributed by atoms with Crippen molar-refractivity contribution in [3.8, 4) is 16.9 Å². The van der Waals surface area contributed by atoms with Crippen LogP contribution in [0.2, 0.25) is 0 Å². The molecule has 4 aromatic rings. The highest BCUT2D eigenvalue weighted by Gasteiger charge is 2.31. The monoisotopic (exact) mass is 573 g/mol. The zero-order valence-corrected chi connectivity index (χ0v) is 24.2. The molecule has 41 heavy (non-hydrogen) atoms. The van der Waals surface area contributed by atoms with E-state index in [1.807, 2.05) is 61.5 Å². The minimum Gasteiger partial charge on any atom is -0.335 e. The quantitative estimate of drug-likeness (QED) is 0.299. The number of carbonyl (C=O) groups excluding carboxylic acids is 1. The highest BCUT2D eigenvalue weighted by atomic mass is 32.2. The first-order chi connectivity index (χ1) is 19.8. The number of amides is 1. The van der Waals surface area contributed by atoms with Crippen LogP contribution in [-0.4, -0.2) is 61.1 Å². The molecule has 3 aromatic carbocycles. The number of imidazole rings is 1. The Labute approximate surface area is 240 Å². The predicted molar refractivity (Wildman–Crippen MR) is 160 cm³/mol. The highest BCUT2D eigenvalue weighted by molar-refractivity contribution is 7.89. The van der Waals surface area contributed by atoms with Gasteiger partial charge in [0.2, 0.25) is 10.0 Å². The van der Waals surface area contributed by atoms with Gasteiger partial charge in [-0.15, -0.1) is 0 Å². The van der Waals surface area contributed by atoms with Crippen LogP contribution in [0, 0.1) is 13.8 Å². The van der Waals surface area contributed by atoms with Gasteiger partial charge in [-0.1, -0.05) is 66.7 Å². The lowest BCUT2D eigenvalue weighted by molar-refractivity contribution is 0.0725. The molecule has 9 nitrogen and oxygen atoms in total. The molecule has 2 heterocycles. The fraction of sp³-hybridized carbons (Fsp3) is 0.290. The van der Waals surface area contributed by atoms with Gasteiger partial charge in [0.05, 0.1) is 16.3 Å². The number of nitrogens with zero attached hydrogens (tertiary/aromatic N) is 3. The Balaban J connectivity index is 1.56. The first-order valence-electron chi connectivity index (χ1n) is 13.8. The maximum Gasteiger partial charge on any atom is 0.333 e. The zero-order chi connectivity index (χ0) is 29.0. The molecule has 10 heteroatoms. The molecule has 1 aliphatic heterocycles. The number of rotatable bonds is 9. The van der Waals surface area contributed by atoms with E-state index in [4.69, 9.17) is 0 Å². The summed E-state index contributed by atoms with van der Waals surface area (Å²) in [5, 5.41) is 3.27. The summed E-state index contributed by atoms with van der Waals surface area (Å²) in [6.45, 7) is 6.39. The van der Waals surface area contributed by atoms with Gasteiger partial charge in [0.15, 0.2) is 0 Å². The van der Waals surface area contributed by atoms with Gasteiger partial charge in [0.25, 0.3) is 5.91 Å². The third-order valence-electron chi connectivity index (χ3n) is 7.38. The van der Waals surface area contributed by atoms with E-state index in [0.29, 0.717) is 55.2 Å². The van der Waals surface area contributed by atoms with Gasteiger partial charge in [-0.25, -0.2) is 17.9 Å². The van der Waals surface area contributed by atoms with Crippen LogP contribution in [0.5, 0.6) is 0 Å². The van der Waals surface area contributed by atoms with E-state index < -0.39 is 10.0 Å². The Morgan fingerprint density at radius 1 is 0.878 bits per heavy atom. The van der Waals surface area contributed by atoms with Gasteiger partial charge < -0.3 is 10.2 Å². The van der Waals surface area contributed by atoms with E-state index in [0.717, 1.165) is 11.1 Å². The molecule has 2 N–H and O–H groups in total. The Bertz CT molecular complexity index is 1700. The fourth-order valence-corrected chi connectivity index (χ4v) is 6.58. The summed E-state index contributed by atoms with van der Waals surface area (Å²) in [4.78, 5) is 30.3. The second-order valence-corrected chi connectivity index (χ2v) is 11.9. The van der Waals surface area contributed by atoms with E-state index in [2.05, 4.69) is 10.0 Å².